The maximum atomic E-state index is 4.42. The standard InChI is InChI=1S/C12H17N3/c1-2-9(1)12-7-10(4-6-14-12)15-11-3-5-13-8-11/h4,6-7,9,11,13H,1-3,5,8H2,(H,14,15). The van der Waals surface area contributed by atoms with Gasteiger partial charge in [-0.15, -0.1) is 0 Å². The lowest BCUT2D eigenvalue weighted by molar-refractivity contribution is 0.792. The molecule has 0 aromatic carbocycles. The summed E-state index contributed by atoms with van der Waals surface area (Å²) in [4.78, 5) is 4.42. The molecular weight excluding hydrogens is 186 g/mol. The van der Waals surface area contributed by atoms with E-state index in [0.29, 0.717) is 6.04 Å². The number of anilines is 1. The summed E-state index contributed by atoms with van der Waals surface area (Å²) < 4.78 is 0. The second-order valence-corrected chi connectivity index (χ2v) is 4.58. The van der Waals surface area contributed by atoms with Crippen molar-refractivity contribution in [3.05, 3.63) is 24.0 Å². The molecule has 0 radical (unpaired) electrons. The van der Waals surface area contributed by atoms with Crippen LogP contribution in [-0.4, -0.2) is 24.1 Å². The molecular formula is C12H17N3. The van der Waals surface area contributed by atoms with E-state index in [4.69, 9.17) is 0 Å². The summed E-state index contributed by atoms with van der Waals surface area (Å²) in [5.41, 5.74) is 2.51. The van der Waals surface area contributed by atoms with Gasteiger partial charge < -0.3 is 10.6 Å². The second kappa shape index (κ2) is 3.81. The highest BCUT2D eigenvalue weighted by Gasteiger charge is 2.25. The average molecular weight is 203 g/mol. The van der Waals surface area contributed by atoms with Crippen LogP contribution in [0, 0.1) is 0 Å². The van der Waals surface area contributed by atoms with Crippen molar-refractivity contribution in [2.45, 2.75) is 31.2 Å². The van der Waals surface area contributed by atoms with Gasteiger partial charge >= 0.3 is 0 Å². The van der Waals surface area contributed by atoms with Gasteiger partial charge in [0.05, 0.1) is 0 Å². The Bertz CT molecular complexity index is 340. The molecule has 1 saturated heterocycles. The van der Waals surface area contributed by atoms with Gasteiger partial charge in [0, 0.05) is 36.1 Å². The van der Waals surface area contributed by atoms with Crippen LogP contribution < -0.4 is 10.6 Å². The lowest BCUT2D eigenvalue weighted by Crippen LogP contribution is -2.22. The van der Waals surface area contributed by atoms with Crippen LogP contribution in [-0.2, 0) is 0 Å². The molecule has 1 aromatic rings. The minimum atomic E-state index is 0.597. The van der Waals surface area contributed by atoms with Crippen LogP contribution in [0.3, 0.4) is 0 Å². The van der Waals surface area contributed by atoms with E-state index >= 15 is 0 Å². The normalized spacial score (nSPS) is 25.5. The Kier molecular flexibility index (Phi) is 2.33. The molecule has 2 heterocycles. The van der Waals surface area contributed by atoms with Crippen molar-refractivity contribution < 1.29 is 0 Å². The predicted octanol–water partition coefficient (Wildman–Crippen LogP) is 1.73. The summed E-state index contributed by atoms with van der Waals surface area (Å²) in [5, 5.41) is 6.93. The van der Waals surface area contributed by atoms with Crippen LogP contribution in [0.4, 0.5) is 5.69 Å². The molecule has 1 unspecified atom stereocenters. The zero-order valence-electron chi connectivity index (χ0n) is 8.87. The van der Waals surface area contributed by atoms with E-state index in [9.17, 15) is 0 Å². The van der Waals surface area contributed by atoms with Gasteiger partial charge in [-0.1, -0.05) is 0 Å². The number of hydrogen-bond donors (Lipinski definition) is 2. The molecule has 2 fully saturated rings. The van der Waals surface area contributed by atoms with Gasteiger partial charge in [-0.3, -0.25) is 4.98 Å². The maximum Gasteiger partial charge on any atom is 0.0455 e. The molecule has 80 valence electrons. The van der Waals surface area contributed by atoms with E-state index in [1.807, 2.05) is 6.20 Å². The average Bonchev–Trinajstić information content (AvgIpc) is 3.00. The molecule has 0 spiro atoms. The first-order valence-corrected chi connectivity index (χ1v) is 5.85. The Balaban J connectivity index is 1.70. The van der Waals surface area contributed by atoms with Crippen molar-refractivity contribution >= 4 is 5.69 Å². The zero-order chi connectivity index (χ0) is 10.1. The minimum Gasteiger partial charge on any atom is -0.381 e. The summed E-state index contributed by atoms with van der Waals surface area (Å²) >= 11 is 0. The number of nitrogens with one attached hydrogen (secondary N) is 2. The van der Waals surface area contributed by atoms with Crippen LogP contribution in [0.2, 0.25) is 0 Å². The molecule has 1 aromatic heterocycles. The first-order chi connectivity index (χ1) is 7.42. The van der Waals surface area contributed by atoms with Gasteiger partial charge in [0.1, 0.15) is 0 Å². The van der Waals surface area contributed by atoms with Crippen LogP contribution in [0.1, 0.15) is 30.9 Å². The molecule has 3 rings (SSSR count). The zero-order valence-corrected chi connectivity index (χ0v) is 8.87. The van der Waals surface area contributed by atoms with Crippen molar-refractivity contribution in [1.82, 2.24) is 10.3 Å². The number of nitrogens with zero attached hydrogens (tertiary/aromatic N) is 1. The van der Waals surface area contributed by atoms with Crippen molar-refractivity contribution in [3.63, 3.8) is 0 Å². The fourth-order valence-corrected chi connectivity index (χ4v) is 2.15. The van der Waals surface area contributed by atoms with Gasteiger partial charge in [-0.25, -0.2) is 0 Å². The molecule has 3 nitrogen and oxygen atoms in total. The summed E-state index contributed by atoms with van der Waals surface area (Å²) in [5.74, 6) is 0.744. The minimum absolute atomic E-state index is 0.597. The Labute approximate surface area is 90.3 Å². The number of pyridine rings is 1. The number of aromatic nitrogens is 1. The molecule has 1 aliphatic carbocycles. The molecule has 15 heavy (non-hydrogen) atoms. The second-order valence-electron chi connectivity index (χ2n) is 4.58. The van der Waals surface area contributed by atoms with E-state index in [0.717, 1.165) is 19.0 Å². The van der Waals surface area contributed by atoms with Crippen LogP contribution in [0.25, 0.3) is 0 Å². The van der Waals surface area contributed by atoms with Crippen LogP contribution >= 0.6 is 0 Å². The van der Waals surface area contributed by atoms with Crippen molar-refractivity contribution in [3.8, 4) is 0 Å². The maximum absolute atomic E-state index is 4.42. The van der Waals surface area contributed by atoms with Gasteiger partial charge in [0.15, 0.2) is 0 Å². The molecule has 0 amide bonds. The molecule has 1 aliphatic heterocycles. The number of rotatable bonds is 3. The van der Waals surface area contributed by atoms with E-state index in [1.165, 1.54) is 30.6 Å². The molecule has 3 heteroatoms. The lowest BCUT2D eigenvalue weighted by Gasteiger charge is -2.13. The Morgan fingerprint density at radius 2 is 2.27 bits per heavy atom. The highest BCUT2D eigenvalue weighted by Crippen LogP contribution is 2.39. The highest BCUT2D eigenvalue weighted by atomic mass is 15.0. The third-order valence-electron chi connectivity index (χ3n) is 3.21. The quantitative estimate of drug-likeness (QED) is 0.785. The monoisotopic (exact) mass is 203 g/mol. The molecule has 1 atom stereocenters. The highest BCUT2D eigenvalue weighted by molar-refractivity contribution is 5.45. The third kappa shape index (κ3) is 2.12. The third-order valence-corrected chi connectivity index (χ3v) is 3.21. The van der Waals surface area contributed by atoms with Crippen molar-refractivity contribution in [1.29, 1.82) is 0 Å². The molecule has 0 bridgehead atoms. The van der Waals surface area contributed by atoms with E-state index in [1.54, 1.807) is 0 Å². The summed E-state index contributed by atoms with van der Waals surface area (Å²) in [6, 6.07) is 4.89. The predicted molar refractivity (Wildman–Crippen MR) is 61.1 cm³/mol. The SMILES string of the molecule is c1cc(NC2CCNC2)cc(C2CC2)n1. The first-order valence-electron chi connectivity index (χ1n) is 5.85. The van der Waals surface area contributed by atoms with E-state index in [-0.39, 0.29) is 0 Å². The van der Waals surface area contributed by atoms with E-state index < -0.39 is 0 Å². The van der Waals surface area contributed by atoms with Crippen molar-refractivity contribution in [2.75, 3.05) is 18.4 Å². The fraction of sp³-hybridized carbons (Fsp3) is 0.583. The molecule has 2 N–H and O–H groups in total. The van der Waals surface area contributed by atoms with Gasteiger partial charge in [0.2, 0.25) is 0 Å². The lowest BCUT2D eigenvalue weighted by atomic mass is 10.2. The fourth-order valence-electron chi connectivity index (χ4n) is 2.15. The van der Waals surface area contributed by atoms with Crippen LogP contribution in [0.5, 0.6) is 0 Å². The topological polar surface area (TPSA) is 37.0 Å². The summed E-state index contributed by atoms with van der Waals surface area (Å²) in [6.45, 7) is 2.22. The van der Waals surface area contributed by atoms with Gasteiger partial charge in [-0.2, -0.15) is 0 Å². The molecule has 2 aliphatic rings. The largest absolute Gasteiger partial charge is 0.381 e. The smallest absolute Gasteiger partial charge is 0.0455 e. The Morgan fingerprint density at radius 3 is 3.00 bits per heavy atom. The summed E-state index contributed by atoms with van der Waals surface area (Å²) in [6.07, 6.45) is 5.79. The Morgan fingerprint density at radius 1 is 1.33 bits per heavy atom. The van der Waals surface area contributed by atoms with Crippen molar-refractivity contribution in [2.24, 2.45) is 0 Å². The summed E-state index contributed by atoms with van der Waals surface area (Å²) in [7, 11) is 0. The Hall–Kier alpha value is -1.09. The molecule has 1 saturated carbocycles. The van der Waals surface area contributed by atoms with Crippen LogP contribution in [0.15, 0.2) is 18.3 Å². The number of hydrogen-bond acceptors (Lipinski definition) is 3. The first kappa shape index (κ1) is 9.16. The van der Waals surface area contributed by atoms with Gasteiger partial charge in [-0.05, 0) is 37.9 Å². The van der Waals surface area contributed by atoms with Gasteiger partial charge in [0.25, 0.3) is 0 Å². The van der Waals surface area contributed by atoms with E-state index in [2.05, 4.69) is 27.8 Å².